The number of nitrogens with one attached hydrogen (secondary N) is 1. The minimum Gasteiger partial charge on any atom is -0.454 e. The van der Waals surface area contributed by atoms with E-state index in [4.69, 9.17) is 19.2 Å². The van der Waals surface area contributed by atoms with Gasteiger partial charge in [-0.15, -0.1) is 0 Å². The van der Waals surface area contributed by atoms with E-state index in [9.17, 15) is 19.2 Å². The molecule has 44 heavy (non-hydrogen) atoms. The van der Waals surface area contributed by atoms with E-state index in [0.717, 1.165) is 22.5 Å². The summed E-state index contributed by atoms with van der Waals surface area (Å²) in [6.45, 7) is 13.9. The maximum Gasteiger partial charge on any atom is 0.407 e. The topological polar surface area (TPSA) is 126 Å². The molecular formula is C33H41N3O7Si. The van der Waals surface area contributed by atoms with Crippen molar-refractivity contribution in [2.24, 2.45) is 0 Å². The number of carbonyl (C=O) groups excluding carboxylic acids is 3. The van der Waals surface area contributed by atoms with E-state index in [-0.39, 0.29) is 24.9 Å². The van der Waals surface area contributed by atoms with E-state index in [0.29, 0.717) is 35.5 Å². The minimum absolute atomic E-state index is 0.0501. The molecule has 2 unspecified atom stereocenters. The van der Waals surface area contributed by atoms with Crippen LogP contribution in [0.4, 0.5) is 4.79 Å². The third-order valence-electron chi connectivity index (χ3n) is 7.99. The summed E-state index contributed by atoms with van der Waals surface area (Å²) in [7, 11) is -1.55. The molecule has 0 fully saturated rings. The molecule has 10 nitrogen and oxygen atoms in total. The molecular weight excluding hydrogens is 578 g/mol. The summed E-state index contributed by atoms with van der Waals surface area (Å²) in [6.07, 6.45) is -1.05. The molecule has 0 spiro atoms. The second-order valence-corrected chi connectivity index (χ2v) is 19.4. The molecule has 2 atom stereocenters. The molecule has 2 aliphatic rings. The molecule has 0 saturated heterocycles. The lowest BCUT2D eigenvalue weighted by atomic mass is 9.82. The zero-order valence-corrected chi connectivity index (χ0v) is 27.5. The Morgan fingerprint density at radius 2 is 1.89 bits per heavy atom. The van der Waals surface area contributed by atoms with Gasteiger partial charge in [-0.3, -0.25) is 9.59 Å². The highest BCUT2D eigenvalue weighted by Crippen LogP contribution is 2.45. The van der Waals surface area contributed by atoms with Crippen LogP contribution < -0.4 is 10.9 Å². The number of rotatable bonds is 8. The number of amides is 1. The standard InChI is InChI=1S/C33H41N3O7Si/c1-8-33(42-26(37)13-15-34-31(40)43-32(2,3)4)22-18-24-28-21(17-20-11-9-10-12-23(20)35-28)19-36(24)29(38)27(22)25(41-30(33)39)14-16-44(5,6)7/h9-12,17-18,25H,8,13-16,19H2,1-7H3,(H,34,40). The predicted molar refractivity (Wildman–Crippen MR) is 169 cm³/mol. The number of nitrogens with zero attached hydrogens (tertiary/aromatic N) is 2. The first-order valence-corrected chi connectivity index (χ1v) is 18.9. The molecule has 0 radical (unpaired) electrons. The number of benzene rings is 1. The Kier molecular flexibility index (Phi) is 8.21. The van der Waals surface area contributed by atoms with E-state index < -0.39 is 43.4 Å². The average Bonchev–Trinajstić information content (AvgIpc) is 3.28. The number of fused-ring (bicyclic) bond motifs is 5. The Bertz CT molecular complexity index is 1700. The Morgan fingerprint density at radius 1 is 1.16 bits per heavy atom. The van der Waals surface area contributed by atoms with Crippen LogP contribution in [0.2, 0.25) is 25.7 Å². The number of esters is 2. The van der Waals surface area contributed by atoms with E-state index in [1.807, 2.05) is 30.3 Å². The number of hydrogen-bond acceptors (Lipinski definition) is 8. The van der Waals surface area contributed by atoms with Crippen LogP contribution in [0.1, 0.15) is 69.8 Å². The summed E-state index contributed by atoms with van der Waals surface area (Å²) in [4.78, 5) is 58.3. The van der Waals surface area contributed by atoms with Gasteiger partial charge in [-0.25, -0.2) is 14.6 Å². The summed E-state index contributed by atoms with van der Waals surface area (Å²) in [5, 5.41) is 3.51. The number of ether oxygens (including phenoxy) is 3. The van der Waals surface area contributed by atoms with Gasteiger partial charge in [0.25, 0.3) is 5.56 Å². The predicted octanol–water partition coefficient (Wildman–Crippen LogP) is 5.81. The van der Waals surface area contributed by atoms with Crippen LogP contribution in [0.3, 0.4) is 0 Å². The number of cyclic esters (lactones) is 1. The van der Waals surface area contributed by atoms with Gasteiger partial charge < -0.3 is 24.1 Å². The molecule has 2 aromatic heterocycles. The van der Waals surface area contributed by atoms with Crippen LogP contribution >= 0.6 is 0 Å². The lowest BCUT2D eigenvalue weighted by Crippen LogP contribution is -2.49. The molecule has 5 rings (SSSR count). The lowest BCUT2D eigenvalue weighted by Gasteiger charge is -2.39. The Balaban J connectivity index is 1.55. The summed E-state index contributed by atoms with van der Waals surface area (Å²) < 4.78 is 18.8. The molecule has 1 aromatic carbocycles. The lowest BCUT2D eigenvalue weighted by molar-refractivity contribution is -0.193. The van der Waals surface area contributed by atoms with Crippen LogP contribution in [-0.2, 0) is 35.9 Å². The fourth-order valence-corrected chi connectivity index (χ4v) is 6.95. The SMILES string of the molecule is CCC1(OC(=O)CCNC(=O)OC(C)(C)C)C(=O)OC(CC[Si](C)(C)C)c2c1cc1n(c2=O)Cc2cc3ccccc3nc2-1. The van der Waals surface area contributed by atoms with Crippen molar-refractivity contribution in [3.05, 3.63) is 63.4 Å². The third kappa shape index (κ3) is 6.15. The van der Waals surface area contributed by atoms with E-state index in [1.165, 1.54) is 0 Å². The van der Waals surface area contributed by atoms with Gasteiger partial charge in [-0.2, -0.15) is 0 Å². The minimum atomic E-state index is -1.82. The molecule has 0 saturated carbocycles. The summed E-state index contributed by atoms with van der Waals surface area (Å²) >= 11 is 0. The summed E-state index contributed by atoms with van der Waals surface area (Å²) in [5.41, 5.74) is 0.870. The second kappa shape index (κ2) is 11.5. The summed E-state index contributed by atoms with van der Waals surface area (Å²) in [5.74, 6) is -1.41. The molecule has 0 bridgehead atoms. The molecule has 11 heteroatoms. The first-order valence-electron chi connectivity index (χ1n) is 15.2. The Hall–Kier alpha value is -3.99. The van der Waals surface area contributed by atoms with Crippen molar-refractivity contribution in [3.63, 3.8) is 0 Å². The van der Waals surface area contributed by atoms with Crippen molar-refractivity contribution in [2.75, 3.05) is 6.54 Å². The molecule has 2 aliphatic heterocycles. The van der Waals surface area contributed by atoms with Crippen LogP contribution in [0, 0.1) is 0 Å². The zero-order valence-electron chi connectivity index (χ0n) is 26.5. The fraction of sp³-hybridized carbons (Fsp3) is 0.485. The van der Waals surface area contributed by atoms with Gasteiger partial charge in [0.1, 0.15) is 11.7 Å². The van der Waals surface area contributed by atoms with E-state index in [1.54, 1.807) is 38.3 Å². The summed E-state index contributed by atoms with van der Waals surface area (Å²) in [6, 6.07) is 12.4. The number of pyridine rings is 2. The fourth-order valence-electron chi connectivity index (χ4n) is 5.82. The molecule has 4 heterocycles. The zero-order chi connectivity index (χ0) is 32.0. The van der Waals surface area contributed by atoms with Gasteiger partial charge in [-0.1, -0.05) is 50.8 Å². The normalized spacial score (nSPS) is 19.1. The molecule has 234 valence electrons. The van der Waals surface area contributed by atoms with Gasteiger partial charge in [0.05, 0.1) is 35.4 Å². The van der Waals surface area contributed by atoms with Crippen molar-refractivity contribution in [1.29, 1.82) is 0 Å². The van der Waals surface area contributed by atoms with Crippen molar-refractivity contribution in [1.82, 2.24) is 14.9 Å². The largest absolute Gasteiger partial charge is 0.454 e. The maximum absolute atomic E-state index is 14.3. The number of hydrogen-bond donors (Lipinski definition) is 1. The number of alkyl carbamates (subject to hydrolysis) is 1. The van der Waals surface area contributed by atoms with Crippen LogP contribution in [0.5, 0.6) is 0 Å². The number of aromatic nitrogens is 2. The third-order valence-corrected chi connectivity index (χ3v) is 9.78. The van der Waals surface area contributed by atoms with Gasteiger partial charge in [0.15, 0.2) is 0 Å². The van der Waals surface area contributed by atoms with Crippen LogP contribution in [0.25, 0.3) is 22.3 Å². The van der Waals surface area contributed by atoms with Crippen LogP contribution in [-0.4, -0.2) is 47.8 Å². The van der Waals surface area contributed by atoms with E-state index in [2.05, 4.69) is 25.0 Å². The van der Waals surface area contributed by atoms with Gasteiger partial charge in [0, 0.05) is 31.1 Å². The second-order valence-electron chi connectivity index (χ2n) is 13.8. The highest BCUT2D eigenvalue weighted by Gasteiger charge is 2.53. The first-order chi connectivity index (χ1) is 20.6. The Labute approximate surface area is 258 Å². The number of carbonyl (C=O) groups is 3. The highest BCUT2D eigenvalue weighted by atomic mass is 28.3. The average molecular weight is 620 g/mol. The monoisotopic (exact) mass is 619 g/mol. The quantitative estimate of drug-likeness (QED) is 0.149. The van der Waals surface area contributed by atoms with Crippen molar-refractivity contribution in [3.8, 4) is 11.4 Å². The molecule has 1 N–H and O–H groups in total. The Morgan fingerprint density at radius 3 is 2.57 bits per heavy atom. The number of para-hydroxylation sites is 1. The molecule has 0 aliphatic carbocycles. The van der Waals surface area contributed by atoms with Gasteiger partial charge >= 0.3 is 18.0 Å². The van der Waals surface area contributed by atoms with Crippen molar-refractivity contribution >= 4 is 37.0 Å². The highest BCUT2D eigenvalue weighted by molar-refractivity contribution is 6.76. The van der Waals surface area contributed by atoms with Crippen molar-refractivity contribution in [2.45, 2.75) is 96.5 Å². The van der Waals surface area contributed by atoms with Crippen LogP contribution in [0.15, 0.2) is 41.2 Å². The molecule has 3 aromatic rings. The smallest absolute Gasteiger partial charge is 0.407 e. The van der Waals surface area contributed by atoms with E-state index >= 15 is 0 Å². The molecule has 1 amide bonds. The van der Waals surface area contributed by atoms with Crippen molar-refractivity contribution < 1.29 is 28.6 Å². The maximum atomic E-state index is 14.3. The van der Waals surface area contributed by atoms with Gasteiger partial charge in [0.2, 0.25) is 5.60 Å². The van der Waals surface area contributed by atoms with Gasteiger partial charge in [-0.05, 0) is 51.8 Å². The first kappa shape index (κ1) is 31.4.